The van der Waals surface area contributed by atoms with E-state index in [-0.39, 0.29) is 5.56 Å². The van der Waals surface area contributed by atoms with Gasteiger partial charge in [0.2, 0.25) is 4.96 Å². The third-order valence-electron chi connectivity index (χ3n) is 4.29. The van der Waals surface area contributed by atoms with E-state index in [1.165, 1.54) is 15.9 Å². The second-order valence-corrected chi connectivity index (χ2v) is 8.63. The minimum Gasteiger partial charge on any atom is -0.457 e. The van der Waals surface area contributed by atoms with Crippen LogP contribution < -0.4 is 10.1 Å². The van der Waals surface area contributed by atoms with Crippen molar-refractivity contribution in [2.75, 3.05) is 0 Å². The molecule has 0 bridgehead atoms. The normalized spacial score (nSPS) is 12.1. The third-order valence-corrected chi connectivity index (χ3v) is 6.00. The van der Waals surface area contributed by atoms with Crippen LogP contribution >= 0.6 is 38.9 Å². The molecule has 0 amide bonds. The van der Waals surface area contributed by atoms with Crippen molar-refractivity contribution in [2.24, 2.45) is 0 Å². The quantitative estimate of drug-likeness (QED) is 0.360. The van der Waals surface area contributed by atoms with Gasteiger partial charge in [0.05, 0.1) is 0 Å². The van der Waals surface area contributed by atoms with Crippen molar-refractivity contribution in [1.29, 1.82) is 0 Å². The first-order valence-corrected chi connectivity index (χ1v) is 10.6. The van der Waals surface area contributed by atoms with Crippen LogP contribution in [0.15, 0.2) is 74.3 Å². The molecule has 0 saturated carbocycles. The first-order chi connectivity index (χ1) is 14.1. The van der Waals surface area contributed by atoms with Gasteiger partial charge in [-0.1, -0.05) is 51.0 Å². The van der Waals surface area contributed by atoms with Gasteiger partial charge in [-0.3, -0.25) is 4.79 Å². The molecule has 0 unspecified atom stereocenters. The molecule has 0 aliphatic rings. The topological polar surface area (TPSA) is 60.4 Å². The molecule has 3 heterocycles. The number of fused-ring (bicyclic) bond motifs is 1. The first-order valence-electron chi connectivity index (χ1n) is 8.60. The van der Waals surface area contributed by atoms with Crippen molar-refractivity contribution in [3.8, 4) is 22.7 Å². The van der Waals surface area contributed by atoms with Crippen LogP contribution in [0.5, 0.6) is 0 Å². The summed E-state index contributed by atoms with van der Waals surface area (Å²) in [6.45, 7) is 0. The molecule has 0 spiro atoms. The van der Waals surface area contributed by atoms with E-state index in [2.05, 4.69) is 26.0 Å². The third kappa shape index (κ3) is 3.53. The molecule has 0 N–H and O–H groups in total. The smallest absolute Gasteiger partial charge is 0.291 e. The molecule has 29 heavy (non-hydrogen) atoms. The molecule has 0 radical (unpaired) electrons. The Kier molecular flexibility index (Phi) is 4.58. The van der Waals surface area contributed by atoms with E-state index >= 15 is 0 Å². The fourth-order valence-corrected chi connectivity index (χ4v) is 4.32. The van der Waals surface area contributed by atoms with Crippen LogP contribution in [0.2, 0.25) is 5.02 Å². The lowest BCUT2D eigenvalue weighted by Gasteiger charge is -1.96. The van der Waals surface area contributed by atoms with Crippen molar-refractivity contribution in [3.05, 3.63) is 90.8 Å². The minimum atomic E-state index is -0.224. The molecule has 8 heteroatoms. The molecule has 5 nitrogen and oxygen atoms in total. The van der Waals surface area contributed by atoms with Crippen molar-refractivity contribution in [1.82, 2.24) is 14.6 Å². The number of thiazole rings is 1. The molecule has 0 atom stereocenters. The fraction of sp³-hybridized carbons (Fsp3) is 0. The van der Waals surface area contributed by atoms with E-state index in [0.29, 0.717) is 26.1 Å². The van der Waals surface area contributed by atoms with Crippen LogP contribution in [0.25, 0.3) is 33.7 Å². The first kappa shape index (κ1) is 18.3. The van der Waals surface area contributed by atoms with Crippen LogP contribution in [0.4, 0.5) is 0 Å². The summed E-state index contributed by atoms with van der Waals surface area (Å²) in [4.78, 5) is 17.7. The summed E-state index contributed by atoms with van der Waals surface area (Å²) in [5.74, 6) is 1.82. The summed E-state index contributed by atoms with van der Waals surface area (Å²) in [5.41, 5.74) is 1.54. The van der Waals surface area contributed by atoms with Crippen LogP contribution in [0, 0.1) is 0 Å². The Balaban J connectivity index is 1.52. The Labute approximate surface area is 182 Å². The van der Waals surface area contributed by atoms with Gasteiger partial charge in [0, 0.05) is 26.7 Å². The van der Waals surface area contributed by atoms with Gasteiger partial charge in [0.25, 0.3) is 5.56 Å². The minimum absolute atomic E-state index is 0.224. The van der Waals surface area contributed by atoms with Gasteiger partial charge in [-0.25, -0.2) is 0 Å². The maximum Gasteiger partial charge on any atom is 0.291 e. The van der Waals surface area contributed by atoms with Crippen LogP contribution in [0.3, 0.4) is 0 Å². The molecule has 0 aliphatic heterocycles. The summed E-state index contributed by atoms with van der Waals surface area (Å²) in [5, 5.41) is 4.98. The highest BCUT2D eigenvalue weighted by atomic mass is 79.9. The number of nitrogens with zero attached hydrogens (tertiary/aromatic N) is 3. The molecular weight excluding hydrogens is 474 g/mol. The Bertz CT molecular complexity index is 1450. The van der Waals surface area contributed by atoms with Crippen LogP contribution in [0.1, 0.15) is 5.76 Å². The zero-order valence-electron chi connectivity index (χ0n) is 14.7. The molecule has 0 saturated heterocycles. The van der Waals surface area contributed by atoms with Crippen molar-refractivity contribution < 1.29 is 4.42 Å². The second kappa shape index (κ2) is 7.26. The Morgan fingerprint density at radius 1 is 1.07 bits per heavy atom. The van der Waals surface area contributed by atoms with Crippen molar-refractivity contribution in [3.63, 3.8) is 0 Å². The van der Waals surface area contributed by atoms with Gasteiger partial charge < -0.3 is 4.42 Å². The van der Waals surface area contributed by atoms with E-state index in [9.17, 15) is 4.79 Å². The number of rotatable bonds is 3. The predicted octanol–water partition coefficient (Wildman–Crippen LogP) is 5.04. The number of halogens is 2. The fourth-order valence-electron chi connectivity index (χ4n) is 2.91. The summed E-state index contributed by atoms with van der Waals surface area (Å²) in [7, 11) is 0. The molecule has 0 aliphatic carbocycles. The number of aromatic nitrogens is 3. The molecule has 142 valence electrons. The van der Waals surface area contributed by atoms with Gasteiger partial charge >= 0.3 is 0 Å². The SMILES string of the molecule is O=c1c(=Cc2ccc(-c3cccc(Br)c3)o2)sc2nc(-c3ccc(Cl)cc3)nn12. The van der Waals surface area contributed by atoms with E-state index < -0.39 is 0 Å². The molecular formula is C21H11BrClN3O2S. The molecule has 5 rings (SSSR count). The number of furan rings is 1. The highest BCUT2D eigenvalue weighted by Gasteiger charge is 2.12. The highest BCUT2D eigenvalue weighted by molar-refractivity contribution is 9.10. The average Bonchev–Trinajstić information content (AvgIpc) is 3.41. The zero-order chi connectivity index (χ0) is 20.0. The van der Waals surface area contributed by atoms with Gasteiger partial charge in [-0.05, 0) is 48.5 Å². The van der Waals surface area contributed by atoms with Gasteiger partial charge in [-0.15, -0.1) is 5.10 Å². The van der Waals surface area contributed by atoms with Gasteiger partial charge in [0.1, 0.15) is 16.1 Å². The lowest BCUT2D eigenvalue weighted by atomic mass is 10.2. The summed E-state index contributed by atoms with van der Waals surface area (Å²) in [6.07, 6.45) is 1.72. The largest absolute Gasteiger partial charge is 0.457 e. The summed E-state index contributed by atoms with van der Waals surface area (Å²) >= 11 is 10.7. The van der Waals surface area contributed by atoms with Crippen molar-refractivity contribution >= 4 is 49.9 Å². The maximum absolute atomic E-state index is 12.7. The lowest BCUT2D eigenvalue weighted by Crippen LogP contribution is -2.23. The number of benzene rings is 2. The van der Waals surface area contributed by atoms with E-state index in [1.807, 2.05) is 48.5 Å². The molecule has 5 aromatic rings. The van der Waals surface area contributed by atoms with Crippen LogP contribution in [-0.4, -0.2) is 14.6 Å². The number of hydrogen-bond acceptors (Lipinski definition) is 5. The standard InChI is InChI=1S/C21H11BrClN3O2S/c22-14-3-1-2-13(10-14)17-9-8-16(28-17)11-18-20(27)26-21(29-18)24-19(25-26)12-4-6-15(23)7-5-12/h1-11H. The predicted molar refractivity (Wildman–Crippen MR) is 118 cm³/mol. The molecule has 2 aromatic carbocycles. The van der Waals surface area contributed by atoms with E-state index in [0.717, 1.165) is 21.4 Å². The van der Waals surface area contributed by atoms with Crippen molar-refractivity contribution in [2.45, 2.75) is 0 Å². The van der Waals surface area contributed by atoms with E-state index in [4.69, 9.17) is 16.0 Å². The Hall–Kier alpha value is -2.74. The van der Waals surface area contributed by atoms with Gasteiger partial charge in [-0.2, -0.15) is 9.50 Å². The number of hydrogen-bond donors (Lipinski definition) is 0. The summed E-state index contributed by atoms with van der Waals surface area (Å²) < 4.78 is 8.69. The average molecular weight is 485 g/mol. The summed E-state index contributed by atoms with van der Waals surface area (Å²) in [6, 6.07) is 18.7. The Morgan fingerprint density at radius 3 is 2.66 bits per heavy atom. The zero-order valence-corrected chi connectivity index (χ0v) is 17.8. The maximum atomic E-state index is 12.7. The monoisotopic (exact) mass is 483 g/mol. The van der Waals surface area contributed by atoms with Gasteiger partial charge in [0.15, 0.2) is 5.82 Å². The van der Waals surface area contributed by atoms with E-state index in [1.54, 1.807) is 18.2 Å². The molecule has 3 aromatic heterocycles. The second-order valence-electron chi connectivity index (χ2n) is 6.26. The Morgan fingerprint density at radius 2 is 1.90 bits per heavy atom. The van der Waals surface area contributed by atoms with Crippen LogP contribution in [-0.2, 0) is 0 Å². The lowest BCUT2D eigenvalue weighted by molar-refractivity contribution is 0.571. The highest BCUT2D eigenvalue weighted by Crippen LogP contribution is 2.25. The molecule has 0 fully saturated rings.